The van der Waals surface area contributed by atoms with E-state index in [9.17, 15) is 9.59 Å². The van der Waals surface area contributed by atoms with Gasteiger partial charge in [-0.05, 0) is 56.7 Å². The number of amides is 2. The molecule has 0 unspecified atom stereocenters. The van der Waals surface area contributed by atoms with Crippen molar-refractivity contribution in [1.82, 2.24) is 20.4 Å². The molecular formula is C23H23ClN4O3S. The van der Waals surface area contributed by atoms with Crippen molar-refractivity contribution in [3.63, 3.8) is 0 Å². The lowest BCUT2D eigenvalue weighted by atomic mass is 10.1. The third kappa shape index (κ3) is 3.71. The van der Waals surface area contributed by atoms with Crippen LogP contribution in [-0.2, 0) is 0 Å². The summed E-state index contributed by atoms with van der Waals surface area (Å²) in [5, 5.41) is 8.30. The van der Waals surface area contributed by atoms with Gasteiger partial charge in [0.25, 0.3) is 11.8 Å². The first-order valence-corrected chi connectivity index (χ1v) is 11.8. The fourth-order valence-electron chi connectivity index (χ4n) is 4.69. The second kappa shape index (κ2) is 8.01. The highest BCUT2D eigenvalue weighted by Crippen LogP contribution is 2.50. The first kappa shape index (κ1) is 21.2. The van der Waals surface area contributed by atoms with Gasteiger partial charge < -0.3 is 14.7 Å². The zero-order chi connectivity index (χ0) is 22.6. The number of thiazole rings is 1. The molecule has 1 saturated carbocycles. The molecule has 1 aliphatic carbocycles. The SMILES string of the molecule is Cc1nc(C(=O)N2C[C@@H]3C[C@@H]3[C@H]2CNC(=O)c2c(C)noc2C)c(-c2cccc(Cl)c2)s1. The van der Waals surface area contributed by atoms with E-state index in [1.165, 1.54) is 11.3 Å². The van der Waals surface area contributed by atoms with Gasteiger partial charge in [-0.25, -0.2) is 4.98 Å². The monoisotopic (exact) mass is 470 g/mol. The number of aromatic nitrogens is 2. The molecule has 0 spiro atoms. The zero-order valence-corrected chi connectivity index (χ0v) is 19.6. The maximum atomic E-state index is 13.6. The summed E-state index contributed by atoms with van der Waals surface area (Å²) in [6, 6.07) is 7.43. The van der Waals surface area contributed by atoms with Crippen molar-refractivity contribution in [3.8, 4) is 10.4 Å². The van der Waals surface area contributed by atoms with Gasteiger partial charge >= 0.3 is 0 Å². The summed E-state index contributed by atoms with van der Waals surface area (Å²) in [4.78, 5) is 33.6. The minimum absolute atomic E-state index is 0.0499. The first-order chi connectivity index (χ1) is 15.3. The molecule has 3 heterocycles. The van der Waals surface area contributed by atoms with Crippen molar-refractivity contribution in [2.45, 2.75) is 33.2 Å². The number of rotatable bonds is 5. The van der Waals surface area contributed by atoms with Gasteiger partial charge in [-0.1, -0.05) is 28.9 Å². The summed E-state index contributed by atoms with van der Waals surface area (Å²) >= 11 is 7.67. The highest BCUT2D eigenvalue weighted by Gasteiger charge is 2.54. The van der Waals surface area contributed by atoms with E-state index in [4.69, 9.17) is 16.1 Å². The summed E-state index contributed by atoms with van der Waals surface area (Å²) in [6.45, 7) is 6.46. The summed E-state index contributed by atoms with van der Waals surface area (Å²) in [7, 11) is 0. The van der Waals surface area contributed by atoms with Gasteiger partial charge in [0.2, 0.25) is 0 Å². The van der Waals surface area contributed by atoms with Crippen LogP contribution in [0, 0.1) is 32.6 Å². The Morgan fingerprint density at radius 3 is 2.84 bits per heavy atom. The highest BCUT2D eigenvalue weighted by atomic mass is 35.5. The van der Waals surface area contributed by atoms with Crippen LogP contribution in [0.25, 0.3) is 10.4 Å². The van der Waals surface area contributed by atoms with Crippen LogP contribution in [0.15, 0.2) is 28.8 Å². The van der Waals surface area contributed by atoms with Gasteiger partial charge in [-0.15, -0.1) is 11.3 Å². The minimum Gasteiger partial charge on any atom is -0.361 e. The van der Waals surface area contributed by atoms with Gasteiger partial charge in [-0.2, -0.15) is 0 Å². The molecule has 1 saturated heterocycles. The van der Waals surface area contributed by atoms with Gasteiger partial charge in [0.05, 0.1) is 21.6 Å². The van der Waals surface area contributed by atoms with Crippen molar-refractivity contribution >= 4 is 34.8 Å². The number of nitrogens with one attached hydrogen (secondary N) is 1. The van der Waals surface area contributed by atoms with Crippen LogP contribution < -0.4 is 5.32 Å². The summed E-state index contributed by atoms with van der Waals surface area (Å²) in [5.41, 5.74) is 2.37. The van der Waals surface area contributed by atoms with Gasteiger partial charge in [-0.3, -0.25) is 9.59 Å². The largest absolute Gasteiger partial charge is 0.361 e. The predicted octanol–water partition coefficient (Wildman–Crippen LogP) is 4.27. The van der Waals surface area contributed by atoms with Gasteiger partial charge in [0, 0.05) is 18.1 Å². The Kier molecular flexibility index (Phi) is 5.29. The number of hydrogen-bond acceptors (Lipinski definition) is 6. The third-order valence-corrected chi connectivity index (χ3v) is 7.57. The average molecular weight is 471 g/mol. The quantitative estimate of drug-likeness (QED) is 0.601. The fraction of sp³-hybridized carbons (Fsp3) is 0.391. The number of piperidine rings is 1. The molecule has 1 aromatic carbocycles. The van der Waals surface area contributed by atoms with Gasteiger partial charge in [0.15, 0.2) is 0 Å². The molecule has 2 fully saturated rings. The van der Waals surface area contributed by atoms with Crippen molar-refractivity contribution in [2.24, 2.45) is 11.8 Å². The fourth-order valence-corrected chi connectivity index (χ4v) is 5.79. The second-order valence-corrected chi connectivity index (χ2v) is 10.2. The molecule has 0 bridgehead atoms. The smallest absolute Gasteiger partial charge is 0.274 e. The molecule has 1 N–H and O–H groups in total. The first-order valence-electron chi connectivity index (χ1n) is 10.6. The topological polar surface area (TPSA) is 88.3 Å². The summed E-state index contributed by atoms with van der Waals surface area (Å²) in [6.07, 6.45) is 1.09. The van der Waals surface area contributed by atoms with Crippen LogP contribution >= 0.6 is 22.9 Å². The number of hydrogen-bond donors (Lipinski definition) is 1. The number of aryl methyl sites for hydroxylation is 3. The Morgan fingerprint density at radius 2 is 2.12 bits per heavy atom. The molecule has 32 heavy (non-hydrogen) atoms. The van der Waals surface area contributed by atoms with E-state index in [0.717, 1.165) is 21.9 Å². The Hall–Kier alpha value is -2.71. The molecule has 2 aliphatic rings. The molecule has 0 radical (unpaired) electrons. The van der Waals surface area contributed by atoms with E-state index in [1.54, 1.807) is 13.8 Å². The maximum absolute atomic E-state index is 13.6. The number of carbonyl (C=O) groups excluding carboxylic acids is 2. The minimum atomic E-state index is -0.220. The van der Waals surface area contributed by atoms with E-state index in [0.29, 0.717) is 52.7 Å². The Morgan fingerprint density at radius 1 is 1.31 bits per heavy atom. The van der Waals surface area contributed by atoms with Crippen LogP contribution in [0.1, 0.15) is 43.7 Å². The molecule has 5 rings (SSSR count). The zero-order valence-electron chi connectivity index (χ0n) is 18.0. The Balaban J connectivity index is 1.37. The molecule has 3 aromatic rings. The number of benzene rings is 1. The molecule has 9 heteroatoms. The predicted molar refractivity (Wildman–Crippen MR) is 122 cm³/mol. The van der Waals surface area contributed by atoms with Crippen molar-refractivity contribution in [1.29, 1.82) is 0 Å². The third-order valence-electron chi connectivity index (χ3n) is 6.32. The molecule has 2 aromatic heterocycles. The van der Waals surface area contributed by atoms with Crippen molar-refractivity contribution < 1.29 is 14.1 Å². The van der Waals surface area contributed by atoms with Crippen LogP contribution in [0.3, 0.4) is 0 Å². The van der Waals surface area contributed by atoms with Crippen molar-refractivity contribution in [3.05, 3.63) is 57.0 Å². The molecule has 2 amide bonds. The van der Waals surface area contributed by atoms with E-state index in [1.807, 2.05) is 36.1 Å². The Bertz CT molecular complexity index is 1200. The van der Waals surface area contributed by atoms with E-state index < -0.39 is 0 Å². The lowest BCUT2D eigenvalue weighted by Gasteiger charge is -2.27. The molecular weight excluding hydrogens is 448 g/mol. The molecule has 1 aliphatic heterocycles. The van der Waals surface area contributed by atoms with Gasteiger partial charge in [0.1, 0.15) is 17.0 Å². The molecule has 3 atom stereocenters. The van der Waals surface area contributed by atoms with Crippen LogP contribution in [0.5, 0.6) is 0 Å². The second-order valence-electron chi connectivity index (χ2n) is 8.51. The van der Waals surface area contributed by atoms with Crippen LogP contribution in [-0.4, -0.2) is 46.0 Å². The van der Waals surface area contributed by atoms with E-state index in [2.05, 4.69) is 15.5 Å². The Labute approximate surface area is 194 Å². The van der Waals surface area contributed by atoms with E-state index >= 15 is 0 Å². The van der Waals surface area contributed by atoms with Crippen molar-refractivity contribution in [2.75, 3.05) is 13.1 Å². The average Bonchev–Trinajstić information content (AvgIpc) is 3.08. The maximum Gasteiger partial charge on any atom is 0.274 e. The van der Waals surface area contributed by atoms with E-state index in [-0.39, 0.29) is 17.9 Å². The number of nitrogens with zero attached hydrogens (tertiary/aromatic N) is 3. The number of fused-ring (bicyclic) bond motifs is 1. The van der Waals surface area contributed by atoms with Crippen LogP contribution in [0.4, 0.5) is 0 Å². The molecule has 166 valence electrons. The standard InChI is InChI=1S/C23H23ClN4O3S/c1-11-19(12(2)31-27-11)22(29)25-9-18-17-8-15(17)10-28(18)23(30)20-21(32-13(3)26-20)14-5-4-6-16(24)7-14/h4-7,15,17-18H,8-10H2,1-3H3,(H,25,29)/t15-,17-,18+/m0/s1. The number of carbonyl (C=O) groups is 2. The lowest BCUT2D eigenvalue weighted by Crippen LogP contribution is -2.45. The number of halogens is 1. The highest BCUT2D eigenvalue weighted by molar-refractivity contribution is 7.15. The normalized spacial score (nSPS) is 21.5. The van der Waals surface area contributed by atoms with Crippen LogP contribution in [0.2, 0.25) is 5.02 Å². The molecule has 7 nitrogen and oxygen atoms in total. The summed E-state index contributed by atoms with van der Waals surface area (Å²) in [5.74, 6) is 1.09. The number of likely N-dealkylation sites (tertiary alicyclic amines) is 1. The lowest BCUT2D eigenvalue weighted by molar-refractivity contribution is 0.0690. The summed E-state index contributed by atoms with van der Waals surface area (Å²) < 4.78 is 5.11.